The van der Waals surface area contributed by atoms with E-state index < -0.39 is 46.7 Å². The van der Waals surface area contributed by atoms with Crippen LogP contribution in [0.25, 0.3) is 0 Å². The molecule has 4 rings (SSSR count). The Morgan fingerprint density at radius 1 is 0.938 bits per heavy atom. The number of benzene rings is 2. The Kier molecular flexibility index (Phi) is 4.93. The summed E-state index contributed by atoms with van der Waals surface area (Å²) >= 11 is 0. The van der Waals surface area contributed by atoms with Crippen LogP contribution in [-0.4, -0.2) is 47.7 Å². The second-order valence-corrected chi connectivity index (χ2v) is 7.14. The van der Waals surface area contributed by atoms with E-state index in [4.69, 9.17) is 9.47 Å². The summed E-state index contributed by atoms with van der Waals surface area (Å²) in [7, 11) is 0. The number of H-pyrrole nitrogens is 1. The topological polar surface area (TPSA) is 190 Å². The molecule has 11 heteroatoms. The first kappa shape index (κ1) is 20.7. The summed E-state index contributed by atoms with van der Waals surface area (Å²) in [6, 6.07) is 5.43. The van der Waals surface area contributed by atoms with Gasteiger partial charge in [0, 0.05) is 41.9 Å². The van der Waals surface area contributed by atoms with E-state index in [0.29, 0.717) is 0 Å². The molecule has 7 N–H and O–H groups in total. The fraction of sp³-hybridized carbons (Fsp3) is 0.143. The highest BCUT2D eigenvalue weighted by atomic mass is 16.6. The van der Waals surface area contributed by atoms with Crippen molar-refractivity contribution in [1.82, 2.24) is 4.98 Å². The van der Waals surface area contributed by atoms with E-state index in [0.717, 1.165) is 30.5 Å². The van der Waals surface area contributed by atoms with Gasteiger partial charge in [0.05, 0.1) is 5.56 Å². The number of rotatable bonds is 3. The Morgan fingerprint density at radius 2 is 1.62 bits per heavy atom. The molecule has 1 aliphatic heterocycles. The van der Waals surface area contributed by atoms with Crippen molar-refractivity contribution < 1.29 is 44.9 Å². The maximum atomic E-state index is 12.6. The highest BCUT2D eigenvalue weighted by Gasteiger charge is 2.37. The van der Waals surface area contributed by atoms with Crippen LogP contribution in [0.4, 0.5) is 0 Å². The van der Waals surface area contributed by atoms with Gasteiger partial charge in [-0.2, -0.15) is 0 Å². The minimum absolute atomic E-state index is 0.0774. The molecule has 0 saturated heterocycles. The standard InChI is InChI=1S/C21H17NO10/c23-10-4-12(24)11-6-17(32-21(30)9-3-15(27)20(29)22-7-9)19(31-16(11)5-10)8-1-13(25)18(28)14(26)2-8/h1-5,7,17,19,23-28H,6H2,(H,22,29)/t17-,19+/m0/s1. The number of aromatic hydroxyl groups is 6. The number of phenolic OH excluding ortho intramolecular Hbond substituents is 5. The summed E-state index contributed by atoms with van der Waals surface area (Å²) in [5.74, 6) is -4.20. The molecule has 0 unspecified atom stereocenters. The van der Waals surface area contributed by atoms with Crippen LogP contribution in [0.15, 0.2) is 41.3 Å². The van der Waals surface area contributed by atoms with Gasteiger partial charge < -0.3 is 45.1 Å². The second-order valence-electron chi connectivity index (χ2n) is 7.14. The van der Waals surface area contributed by atoms with Crippen molar-refractivity contribution in [2.24, 2.45) is 0 Å². The lowest BCUT2D eigenvalue weighted by molar-refractivity contribution is -0.0189. The minimum atomic E-state index is -1.14. The van der Waals surface area contributed by atoms with Crippen molar-refractivity contribution in [3.8, 4) is 40.2 Å². The SMILES string of the molecule is O=C(O[C@H]1Cc2c(O)cc(O)cc2O[C@@H]1c1cc(O)c(O)c(O)c1)c1c[nH]c(=O)c(O)c1. The summed E-state index contributed by atoms with van der Waals surface area (Å²) in [4.78, 5) is 26.1. The van der Waals surface area contributed by atoms with Crippen molar-refractivity contribution in [1.29, 1.82) is 0 Å². The van der Waals surface area contributed by atoms with Crippen LogP contribution in [-0.2, 0) is 11.2 Å². The molecule has 32 heavy (non-hydrogen) atoms. The number of aromatic nitrogens is 1. The highest BCUT2D eigenvalue weighted by molar-refractivity contribution is 5.89. The number of ether oxygens (including phenoxy) is 2. The second kappa shape index (κ2) is 7.61. The predicted molar refractivity (Wildman–Crippen MR) is 106 cm³/mol. The van der Waals surface area contributed by atoms with Crippen LogP contribution in [0, 0.1) is 0 Å². The fourth-order valence-electron chi connectivity index (χ4n) is 3.42. The zero-order valence-corrected chi connectivity index (χ0v) is 16.1. The number of fused-ring (bicyclic) bond motifs is 1. The smallest absolute Gasteiger partial charge is 0.340 e. The van der Waals surface area contributed by atoms with Gasteiger partial charge in [-0.25, -0.2) is 4.79 Å². The van der Waals surface area contributed by atoms with Crippen molar-refractivity contribution >= 4 is 5.97 Å². The Labute approximate surface area is 179 Å². The molecule has 3 aromatic rings. The van der Waals surface area contributed by atoms with E-state index in [2.05, 4.69) is 4.98 Å². The maximum absolute atomic E-state index is 12.6. The first-order valence-electron chi connectivity index (χ1n) is 9.23. The van der Waals surface area contributed by atoms with Gasteiger partial charge in [-0.3, -0.25) is 4.79 Å². The molecule has 0 bridgehead atoms. The summed E-state index contributed by atoms with van der Waals surface area (Å²) in [6.07, 6.45) is -1.30. The van der Waals surface area contributed by atoms with Gasteiger partial charge >= 0.3 is 5.97 Å². The monoisotopic (exact) mass is 443 g/mol. The van der Waals surface area contributed by atoms with Gasteiger partial charge in [0.1, 0.15) is 23.4 Å². The van der Waals surface area contributed by atoms with E-state index >= 15 is 0 Å². The Morgan fingerprint density at radius 3 is 2.28 bits per heavy atom. The van der Waals surface area contributed by atoms with Crippen molar-refractivity contribution in [3.63, 3.8) is 0 Å². The molecule has 0 fully saturated rings. The van der Waals surface area contributed by atoms with E-state index in [-0.39, 0.29) is 40.4 Å². The van der Waals surface area contributed by atoms with E-state index in [1.165, 1.54) is 6.07 Å². The van der Waals surface area contributed by atoms with Crippen molar-refractivity contribution in [2.75, 3.05) is 0 Å². The van der Waals surface area contributed by atoms with Crippen LogP contribution in [0.5, 0.6) is 40.2 Å². The van der Waals surface area contributed by atoms with E-state index in [1.807, 2.05) is 0 Å². The van der Waals surface area contributed by atoms with Gasteiger partial charge in [0.15, 0.2) is 29.1 Å². The number of carbonyl (C=O) groups excluding carboxylic acids is 1. The molecule has 11 nitrogen and oxygen atoms in total. The molecule has 0 spiro atoms. The van der Waals surface area contributed by atoms with Gasteiger partial charge in [-0.15, -0.1) is 0 Å². The molecule has 166 valence electrons. The van der Waals surface area contributed by atoms with Crippen molar-refractivity contribution in [3.05, 3.63) is 63.6 Å². The fourth-order valence-corrected chi connectivity index (χ4v) is 3.42. The Bertz CT molecular complexity index is 1260. The molecule has 0 amide bonds. The molecule has 1 aliphatic rings. The third kappa shape index (κ3) is 3.67. The number of aromatic amines is 1. The van der Waals surface area contributed by atoms with Crippen molar-refractivity contribution in [2.45, 2.75) is 18.6 Å². The van der Waals surface area contributed by atoms with Crippen LogP contribution >= 0.6 is 0 Å². The molecule has 2 atom stereocenters. The minimum Gasteiger partial charge on any atom is -0.508 e. The quantitative estimate of drug-likeness (QED) is 0.231. The number of pyridine rings is 1. The Balaban J connectivity index is 1.75. The molecule has 2 aromatic carbocycles. The van der Waals surface area contributed by atoms with Crippen LogP contribution < -0.4 is 10.3 Å². The maximum Gasteiger partial charge on any atom is 0.340 e. The van der Waals surface area contributed by atoms with Gasteiger partial charge in [0.25, 0.3) is 5.56 Å². The zero-order valence-electron chi connectivity index (χ0n) is 16.1. The largest absolute Gasteiger partial charge is 0.508 e. The molecule has 2 heterocycles. The predicted octanol–water partition coefficient (Wildman–Crippen LogP) is 1.51. The number of esters is 1. The Hall–Kier alpha value is -4.54. The number of carbonyl (C=O) groups is 1. The molecular formula is C21H17NO10. The van der Waals surface area contributed by atoms with Crippen LogP contribution in [0.1, 0.15) is 27.6 Å². The summed E-state index contributed by atoms with van der Waals surface area (Å²) in [5, 5.41) is 58.9. The molecule has 0 saturated carbocycles. The average molecular weight is 443 g/mol. The highest BCUT2D eigenvalue weighted by Crippen LogP contribution is 2.45. The number of hydrogen-bond donors (Lipinski definition) is 7. The molecular weight excluding hydrogens is 426 g/mol. The number of nitrogens with one attached hydrogen (secondary N) is 1. The van der Waals surface area contributed by atoms with Crippen LogP contribution in [0.2, 0.25) is 0 Å². The summed E-state index contributed by atoms with van der Waals surface area (Å²) < 4.78 is 11.3. The number of hydrogen-bond acceptors (Lipinski definition) is 10. The normalized spacial score (nSPS) is 17.2. The zero-order chi connectivity index (χ0) is 23.2. The van der Waals surface area contributed by atoms with E-state index in [1.54, 1.807) is 0 Å². The van der Waals surface area contributed by atoms with E-state index in [9.17, 15) is 40.2 Å². The third-order valence-corrected chi connectivity index (χ3v) is 4.97. The summed E-state index contributed by atoms with van der Waals surface area (Å²) in [6.45, 7) is 0. The van der Waals surface area contributed by atoms with Gasteiger partial charge in [-0.1, -0.05) is 0 Å². The molecule has 1 aromatic heterocycles. The molecule has 0 radical (unpaired) electrons. The first-order valence-corrected chi connectivity index (χ1v) is 9.23. The number of phenols is 5. The molecule has 0 aliphatic carbocycles. The average Bonchev–Trinajstić information content (AvgIpc) is 2.73. The lowest BCUT2D eigenvalue weighted by atomic mass is 9.93. The lowest BCUT2D eigenvalue weighted by Gasteiger charge is -2.34. The summed E-state index contributed by atoms with van der Waals surface area (Å²) in [5.41, 5.74) is -0.617. The lowest BCUT2D eigenvalue weighted by Crippen LogP contribution is -2.35. The van der Waals surface area contributed by atoms with Gasteiger partial charge in [-0.05, 0) is 12.1 Å². The van der Waals surface area contributed by atoms with Gasteiger partial charge in [0.2, 0.25) is 0 Å². The van der Waals surface area contributed by atoms with Crippen LogP contribution in [0.3, 0.4) is 0 Å². The third-order valence-electron chi connectivity index (χ3n) is 4.97. The first-order chi connectivity index (χ1) is 15.1.